The number of benzene rings is 1. The van der Waals surface area contributed by atoms with Crippen molar-refractivity contribution in [1.82, 2.24) is 0 Å². The Hall–Kier alpha value is -0.690. The van der Waals surface area contributed by atoms with Crippen molar-refractivity contribution in [1.29, 1.82) is 0 Å². The third-order valence-electron chi connectivity index (χ3n) is 3.25. The molecule has 1 atom stereocenters. The molecule has 0 aromatic heterocycles. The van der Waals surface area contributed by atoms with E-state index in [9.17, 15) is 0 Å². The highest BCUT2D eigenvalue weighted by Gasteiger charge is 2.05. The number of hydrogen-bond acceptors (Lipinski definition) is 1. The molecule has 1 aromatic carbocycles. The predicted molar refractivity (Wildman–Crippen MR) is 77.8 cm³/mol. The highest BCUT2D eigenvalue weighted by atomic mass is 35.5. The molecule has 1 rings (SSSR count). The van der Waals surface area contributed by atoms with Crippen LogP contribution in [0.25, 0.3) is 0 Å². The molecule has 96 valence electrons. The summed E-state index contributed by atoms with van der Waals surface area (Å²) in [5.74, 6) is 1.39. The number of halogens is 1. The van der Waals surface area contributed by atoms with Crippen molar-refractivity contribution in [2.45, 2.75) is 45.4 Å². The van der Waals surface area contributed by atoms with Crippen molar-refractivity contribution in [3.05, 3.63) is 29.8 Å². The van der Waals surface area contributed by atoms with E-state index < -0.39 is 0 Å². The summed E-state index contributed by atoms with van der Waals surface area (Å²) in [4.78, 5) is 0. The van der Waals surface area contributed by atoms with Gasteiger partial charge >= 0.3 is 0 Å². The number of hydrogen-bond donors (Lipinski definition) is 1. The SMILES string of the molecule is CCCCC(CC)CNc1ccc(CCl)cc1. The zero-order valence-corrected chi connectivity index (χ0v) is 11.8. The van der Waals surface area contributed by atoms with Gasteiger partial charge in [0.15, 0.2) is 0 Å². The maximum atomic E-state index is 5.77. The monoisotopic (exact) mass is 253 g/mol. The maximum absolute atomic E-state index is 5.77. The third kappa shape index (κ3) is 5.45. The van der Waals surface area contributed by atoms with Gasteiger partial charge in [-0.25, -0.2) is 0 Å². The van der Waals surface area contributed by atoms with Crippen LogP contribution in [-0.2, 0) is 5.88 Å². The second kappa shape index (κ2) is 8.41. The lowest BCUT2D eigenvalue weighted by atomic mass is 9.99. The van der Waals surface area contributed by atoms with Crippen LogP contribution in [0, 0.1) is 5.92 Å². The first-order chi connectivity index (χ1) is 8.30. The van der Waals surface area contributed by atoms with Crippen molar-refractivity contribution >= 4 is 17.3 Å². The first-order valence-corrected chi connectivity index (χ1v) is 7.22. The summed E-state index contributed by atoms with van der Waals surface area (Å²) in [5, 5.41) is 3.51. The van der Waals surface area contributed by atoms with Gasteiger partial charge in [-0.15, -0.1) is 11.6 Å². The molecular formula is C15H24ClN. The lowest BCUT2D eigenvalue weighted by molar-refractivity contribution is 0.473. The molecule has 0 saturated carbocycles. The molecule has 0 aliphatic heterocycles. The van der Waals surface area contributed by atoms with Crippen LogP contribution in [0.4, 0.5) is 5.69 Å². The number of nitrogens with one attached hydrogen (secondary N) is 1. The Morgan fingerprint density at radius 1 is 1.18 bits per heavy atom. The van der Waals surface area contributed by atoms with E-state index in [1.54, 1.807) is 0 Å². The molecule has 0 spiro atoms. The molecule has 0 radical (unpaired) electrons. The van der Waals surface area contributed by atoms with Crippen LogP contribution in [0.1, 0.15) is 45.1 Å². The molecule has 0 bridgehead atoms. The van der Waals surface area contributed by atoms with Crippen LogP contribution in [-0.4, -0.2) is 6.54 Å². The van der Waals surface area contributed by atoms with Gasteiger partial charge in [0.25, 0.3) is 0 Å². The largest absolute Gasteiger partial charge is 0.385 e. The summed E-state index contributed by atoms with van der Waals surface area (Å²) in [7, 11) is 0. The molecule has 0 saturated heterocycles. The molecule has 0 aliphatic rings. The van der Waals surface area contributed by atoms with Crippen molar-refractivity contribution in [3.63, 3.8) is 0 Å². The number of anilines is 1. The number of rotatable bonds is 8. The molecule has 1 aromatic rings. The molecule has 0 aliphatic carbocycles. The van der Waals surface area contributed by atoms with Crippen LogP contribution >= 0.6 is 11.6 Å². The lowest BCUT2D eigenvalue weighted by Gasteiger charge is -2.16. The second-order valence-electron chi connectivity index (χ2n) is 4.63. The molecule has 1 N–H and O–H groups in total. The minimum atomic E-state index is 0.592. The van der Waals surface area contributed by atoms with E-state index in [2.05, 4.69) is 43.4 Å². The Kier molecular flexibility index (Phi) is 7.11. The lowest BCUT2D eigenvalue weighted by Crippen LogP contribution is -2.13. The predicted octanol–water partition coefficient (Wildman–Crippen LogP) is 5.05. The van der Waals surface area contributed by atoms with Gasteiger partial charge < -0.3 is 5.32 Å². The fourth-order valence-corrected chi connectivity index (χ4v) is 2.10. The number of alkyl halides is 1. The first kappa shape index (κ1) is 14.4. The van der Waals surface area contributed by atoms with Crippen LogP contribution < -0.4 is 5.32 Å². The quantitative estimate of drug-likeness (QED) is 0.639. The number of unbranched alkanes of at least 4 members (excludes halogenated alkanes) is 1. The maximum Gasteiger partial charge on any atom is 0.0474 e. The Morgan fingerprint density at radius 2 is 1.88 bits per heavy atom. The molecule has 1 nitrogen and oxygen atoms in total. The van der Waals surface area contributed by atoms with Crippen molar-refractivity contribution < 1.29 is 0 Å². The second-order valence-corrected chi connectivity index (χ2v) is 4.90. The van der Waals surface area contributed by atoms with Gasteiger partial charge in [0.2, 0.25) is 0 Å². The van der Waals surface area contributed by atoms with E-state index in [1.807, 2.05) is 0 Å². The summed E-state index contributed by atoms with van der Waals surface area (Å²) < 4.78 is 0. The zero-order valence-electron chi connectivity index (χ0n) is 11.0. The minimum Gasteiger partial charge on any atom is -0.385 e. The van der Waals surface area contributed by atoms with E-state index in [0.29, 0.717) is 5.88 Å². The fourth-order valence-electron chi connectivity index (χ4n) is 1.92. The van der Waals surface area contributed by atoms with E-state index in [1.165, 1.54) is 36.9 Å². The smallest absolute Gasteiger partial charge is 0.0474 e. The topological polar surface area (TPSA) is 12.0 Å². The average Bonchev–Trinajstić information content (AvgIpc) is 2.39. The molecular weight excluding hydrogens is 230 g/mol. The highest BCUT2D eigenvalue weighted by Crippen LogP contribution is 2.15. The van der Waals surface area contributed by atoms with Gasteiger partial charge in [0.1, 0.15) is 0 Å². The molecule has 0 heterocycles. The van der Waals surface area contributed by atoms with Gasteiger partial charge in [-0.1, -0.05) is 45.2 Å². The van der Waals surface area contributed by atoms with Crippen molar-refractivity contribution in [2.24, 2.45) is 5.92 Å². The summed E-state index contributed by atoms with van der Waals surface area (Å²) in [6, 6.07) is 8.40. The average molecular weight is 254 g/mol. The van der Waals surface area contributed by atoms with Crippen LogP contribution in [0.2, 0.25) is 0 Å². The van der Waals surface area contributed by atoms with Gasteiger partial charge in [0, 0.05) is 18.1 Å². The molecule has 0 fully saturated rings. The van der Waals surface area contributed by atoms with Crippen LogP contribution in [0.15, 0.2) is 24.3 Å². The normalized spacial score (nSPS) is 12.4. The first-order valence-electron chi connectivity index (χ1n) is 6.68. The Morgan fingerprint density at radius 3 is 2.41 bits per heavy atom. The van der Waals surface area contributed by atoms with E-state index in [4.69, 9.17) is 11.6 Å². The minimum absolute atomic E-state index is 0.592. The fraction of sp³-hybridized carbons (Fsp3) is 0.600. The van der Waals surface area contributed by atoms with Crippen LogP contribution in [0.5, 0.6) is 0 Å². The van der Waals surface area contributed by atoms with E-state index >= 15 is 0 Å². The Labute approximate surface area is 111 Å². The van der Waals surface area contributed by atoms with Gasteiger partial charge in [-0.05, 0) is 30.0 Å². The van der Waals surface area contributed by atoms with Gasteiger partial charge in [-0.2, -0.15) is 0 Å². The Balaban J connectivity index is 2.36. The summed E-state index contributed by atoms with van der Waals surface area (Å²) >= 11 is 5.77. The summed E-state index contributed by atoms with van der Waals surface area (Å²) in [5.41, 5.74) is 2.38. The Bertz CT molecular complexity index is 294. The summed E-state index contributed by atoms with van der Waals surface area (Å²) in [6.07, 6.45) is 5.22. The third-order valence-corrected chi connectivity index (χ3v) is 3.55. The molecule has 0 amide bonds. The van der Waals surface area contributed by atoms with E-state index in [0.717, 1.165) is 12.5 Å². The molecule has 2 heteroatoms. The zero-order chi connectivity index (χ0) is 12.5. The van der Waals surface area contributed by atoms with Gasteiger partial charge in [0.05, 0.1) is 0 Å². The van der Waals surface area contributed by atoms with Crippen LogP contribution in [0.3, 0.4) is 0 Å². The van der Waals surface area contributed by atoms with Crippen molar-refractivity contribution in [3.8, 4) is 0 Å². The van der Waals surface area contributed by atoms with Gasteiger partial charge in [-0.3, -0.25) is 0 Å². The van der Waals surface area contributed by atoms with Crippen molar-refractivity contribution in [2.75, 3.05) is 11.9 Å². The summed E-state index contributed by atoms with van der Waals surface area (Å²) in [6.45, 7) is 5.61. The van der Waals surface area contributed by atoms with E-state index in [-0.39, 0.29) is 0 Å². The molecule has 1 unspecified atom stereocenters. The molecule has 17 heavy (non-hydrogen) atoms. The standard InChI is InChI=1S/C15H24ClN/c1-3-5-6-13(4-2)12-17-15-9-7-14(11-16)8-10-15/h7-10,13,17H,3-6,11-12H2,1-2H3. The highest BCUT2D eigenvalue weighted by molar-refractivity contribution is 6.17.